The average molecular weight is 1000 g/mol. The Balaban J connectivity index is 0.000000158. The molecule has 5 aliphatic rings. The highest BCUT2D eigenvalue weighted by Gasteiger charge is 2.52. The fourth-order valence-electron chi connectivity index (χ4n) is 7.68. The maximum atomic E-state index is 13.6. The van der Waals surface area contributed by atoms with Gasteiger partial charge in [0.2, 0.25) is 5.28 Å². The Morgan fingerprint density at radius 2 is 1.04 bits per heavy atom. The van der Waals surface area contributed by atoms with Crippen LogP contribution in [0.2, 0.25) is 5.28 Å². The summed E-state index contributed by atoms with van der Waals surface area (Å²) >= 11 is 6.05. The van der Waals surface area contributed by atoms with Gasteiger partial charge in [-0.1, -0.05) is 0 Å². The second-order valence-corrected chi connectivity index (χ2v) is 18.3. The molecule has 4 aromatic rings. The molecule has 4 aromatic heterocycles. The first kappa shape index (κ1) is 52.6. The fraction of sp³-hybridized carbons (Fsp3) is 0.578. The highest BCUT2D eigenvalue weighted by atomic mass is 35.5. The average Bonchev–Trinajstić information content (AvgIpc) is 3.59. The molecule has 2 N–H and O–H groups in total. The van der Waals surface area contributed by atoms with Crippen molar-refractivity contribution >= 4 is 65.4 Å². The Labute approximate surface area is 410 Å². The fourth-order valence-corrected chi connectivity index (χ4v) is 7.85. The van der Waals surface area contributed by atoms with Crippen LogP contribution in [0, 0.1) is 0 Å². The van der Waals surface area contributed by atoms with Crippen molar-refractivity contribution in [1.29, 1.82) is 0 Å². The Bertz CT molecular complexity index is 2290. The molecule has 380 valence electrons. The Morgan fingerprint density at radius 1 is 0.629 bits per heavy atom. The zero-order valence-electron chi connectivity index (χ0n) is 40.4. The Kier molecular flexibility index (Phi) is 17.9. The summed E-state index contributed by atoms with van der Waals surface area (Å²) in [6.45, 7) is 18.9. The molecule has 5 saturated heterocycles. The van der Waals surface area contributed by atoms with Crippen molar-refractivity contribution in [2.75, 3.05) is 145 Å². The third kappa shape index (κ3) is 13.6. The van der Waals surface area contributed by atoms with Crippen molar-refractivity contribution < 1.29 is 45.8 Å². The summed E-state index contributed by atoms with van der Waals surface area (Å²) in [5.41, 5.74) is 4.44. The minimum absolute atomic E-state index is 0.0387. The number of hydrogen-bond acceptors (Lipinski definition) is 18. The summed E-state index contributed by atoms with van der Waals surface area (Å²) in [6, 6.07) is 6.35. The molecule has 0 aliphatic carbocycles. The van der Waals surface area contributed by atoms with Crippen LogP contribution in [0.15, 0.2) is 41.7 Å². The van der Waals surface area contributed by atoms with E-state index in [1.54, 1.807) is 19.0 Å². The molecular formula is C45H61BClF4N13O6. The molecule has 0 aromatic carbocycles. The first-order valence-electron chi connectivity index (χ1n) is 23.1. The van der Waals surface area contributed by atoms with Gasteiger partial charge in [0.1, 0.15) is 29.1 Å². The SMILES string of the molecule is CN(C)C=Nc1cc(C(F)F)c(B2OC(C)(C)C(C)(C)O2)cn1.Clc1nc(N2CCOCC2)cc(N2CCOCC2)n1.Nc1cc(C(F)F)c(-c2nc(N3CCOCC3)cc(N3CCOCC3)n2)cn1. The van der Waals surface area contributed by atoms with Gasteiger partial charge in [-0.25, -0.2) is 52.5 Å². The summed E-state index contributed by atoms with van der Waals surface area (Å²) < 4.78 is 87.3. The van der Waals surface area contributed by atoms with Crippen molar-refractivity contribution in [3.05, 3.63) is 53.1 Å². The van der Waals surface area contributed by atoms with E-state index in [0.717, 1.165) is 64.2 Å². The molecule has 0 spiro atoms. The highest BCUT2D eigenvalue weighted by molar-refractivity contribution is 6.62. The molecule has 0 saturated carbocycles. The maximum absolute atomic E-state index is 13.6. The van der Waals surface area contributed by atoms with Crippen LogP contribution in [-0.4, -0.2) is 179 Å². The van der Waals surface area contributed by atoms with E-state index >= 15 is 0 Å². The normalized spacial score (nSPS) is 19.3. The van der Waals surface area contributed by atoms with E-state index in [1.807, 2.05) is 39.8 Å². The number of nitrogens with two attached hydrogens (primary N) is 1. The molecule has 9 heterocycles. The molecule has 5 aliphatic heterocycles. The number of aromatic nitrogens is 6. The number of hydrogen-bond donors (Lipinski definition) is 1. The Hall–Kier alpha value is -5.24. The first-order valence-corrected chi connectivity index (χ1v) is 23.5. The number of nitrogens with zero attached hydrogens (tertiary/aromatic N) is 12. The highest BCUT2D eigenvalue weighted by Crippen LogP contribution is 2.38. The third-order valence-corrected chi connectivity index (χ3v) is 12.4. The number of aliphatic imine (C=N–C) groups is 1. The van der Waals surface area contributed by atoms with Crippen LogP contribution in [0.1, 0.15) is 51.7 Å². The molecule has 0 unspecified atom stereocenters. The zero-order valence-corrected chi connectivity index (χ0v) is 41.1. The van der Waals surface area contributed by atoms with E-state index in [1.165, 1.54) is 30.9 Å². The Morgan fingerprint density at radius 3 is 1.44 bits per heavy atom. The van der Waals surface area contributed by atoms with Gasteiger partial charge in [-0.15, -0.1) is 0 Å². The minimum atomic E-state index is -2.71. The second-order valence-electron chi connectivity index (χ2n) is 17.9. The van der Waals surface area contributed by atoms with Gasteiger partial charge in [0, 0.05) is 113 Å². The number of alkyl halides is 4. The van der Waals surface area contributed by atoms with Crippen LogP contribution >= 0.6 is 11.6 Å². The van der Waals surface area contributed by atoms with Crippen LogP contribution < -0.4 is 30.8 Å². The van der Waals surface area contributed by atoms with Crippen LogP contribution in [0.4, 0.5) is 52.5 Å². The number of rotatable bonds is 10. The van der Waals surface area contributed by atoms with Crippen LogP contribution in [0.5, 0.6) is 0 Å². The lowest BCUT2D eigenvalue weighted by Crippen LogP contribution is -2.41. The predicted octanol–water partition coefficient (Wildman–Crippen LogP) is 5.07. The molecule has 19 nitrogen and oxygen atoms in total. The number of nitrogen functional groups attached to an aromatic ring is 1. The lowest BCUT2D eigenvalue weighted by Gasteiger charge is -2.32. The van der Waals surface area contributed by atoms with E-state index in [9.17, 15) is 17.6 Å². The number of morpholine rings is 4. The summed E-state index contributed by atoms with van der Waals surface area (Å²) in [5, 5.41) is 0.297. The predicted molar refractivity (Wildman–Crippen MR) is 261 cm³/mol. The van der Waals surface area contributed by atoms with Crippen molar-refractivity contribution in [3.63, 3.8) is 0 Å². The summed E-state index contributed by atoms with van der Waals surface area (Å²) in [5.74, 6) is 3.60. The van der Waals surface area contributed by atoms with Crippen LogP contribution in [0.25, 0.3) is 11.4 Å². The molecule has 5 fully saturated rings. The topological polar surface area (TPSA) is 187 Å². The molecule has 25 heteroatoms. The molecule has 0 amide bonds. The standard InChI is InChI=1S/C18H22F2N6O2.C15H22BF2N3O2.C12H17ClN4O2/c19-17(20)12-9-14(21)22-11-13(12)18-23-15(25-1-5-27-6-2-25)10-16(24-18)26-3-7-28-8-4-26;1-14(2)15(3,4)23-16(22-14)11-8-19-12(20-9-21(5)6)7-10(11)13(17)18;13-12-14-10(16-1-5-18-6-2-16)9-11(15-12)17-3-7-19-8-4-17/h9-11,17H,1-8H2,(H2,21,22);7-9,13H,1-6H3;9H,1-8H2. The second kappa shape index (κ2) is 23.8. The van der Waals surface area contributed by atoms with Gasteiger partial charge < -0.3 is 58.5 Å². The number of anilines is 5. The van der Waals surface area contributed by atoms with Crippen LogP contribution in [0.3, 0.4) is 0 Å². The largest absolute Gasteiger partial charge is 0.496 e. The van der Waals surface area contributed by atoms with Gasteiger partial charge in [0.05, 0.1) is 70.4 Å². The van der Waals surface area contributed by atoms with E-state index in [-0.39, 0.29) is 39.6 Å². The van der Waals surface area contributed by atoms with Gasteiger partial charge in [-0.2, -0.15) is 0 Å². The van der Waals surface area contributed by atoms with Gasteiger partial charge >= 0.3 is 7.12 Å². The molecular weight excluding hydrogens is 941 g/mol. The number of ether oxygens (including phenoxy) is 4. The molecule has 70 heavy (non-hydrogen) atoms. The molecule has 0 atom stereocenters. The third-order valence-electron chi connectivity index (χ3n) is 12.3. The van der Waals surface area contributed by atoms with E-state index in [2.05, 4.69) is 54.5 Å². The van der Waals surface area contributed by atoms with E-state index in [0.29, 0.717) is 69.5 Å². The summed E-state index contributed by atoms with van der Waals surface area (Å²) in [6.07, 6.45) is -1.20. The lowest BCUT2D eigenvalue weighted by atomic mass is 9.77. The van der Waals surface area contributed by atoms with Crippen molar-refractivity contribution in [2.45, 2.75) is 51.7 Å². The minimum Gasteiger partial charge on any atom is -0.399 e. The summed E-state index contributed by atoms with van der Waals surface area (Å²) in [7, 11) is 2.70. The molecule has 0 bridgehead atoms. The van der Waals surface area contributed by atoms with Gasteiger partial charge in [-0.05, 0) is 51.4 Å². The van der Waals surface area contributed by atoms with Crippen molar-refractivity contribution in [2.24, 2.45) is 4.99 Å². The maximum Gasteiger partial charge on any atom is 0.496 e. The number of halogens is 5. The van der Waals surface area contributed by atoms with Gasteiger partial charge in [0.25, 0.3) is 12.9 Å². The van der Waals surface area contributed by atoms with E-state index < -0.39 is 31.2 Å². The van der Waals surface area contributed by atoms with Crippen molar-refractivity contribution in [1.82, 2.24) is 34.8 Å². The first-order chi connectivity index (χ1) is 33.5. The summed E-state index contributed by atoms with van der Waals surface area (Å²) in [4.78, 5) is 40.2. The number of pyridine rings is 2. The molecule has 9 rings (SSSR count). The van der Waals surface area contributed by atoms with Crippen molar-refractivity contribution in [3.8, 4) is 11.4 Å². The monoisotopic (exact) mass is 1000 g/mol. The smallest absolute Gasteiger partial charge is 0.399 e. The lowest BCUT2D eigenvalue weighted by molar-refractivity contribution is 0.00578. The molecule has 0 radical (unpaired) electrons. The quantitative estimate of drug-likeness (QED) is 0.0729. The van der Waals surface area contributed by atoms with E-state index in [4.69, 9.17) is 45.6 Å². The van der Waals surface area contributed by atoms with Crippen LogP contribution in [-0.2, 0) is 28.3 Å². The zero-order chi connectivity index (χ0) is 50.0. The van der Waals surface area contributed by atoms with Gasteiger partial charge in [0.15, 0.2) is 11.6 Å². The van der Waals surface area contributed by atoms with Gasteiger partial charge in [-0.3, -0.25) is 0 Å².